The largest absolute Gasteiger partial charge is 0.322 e. The Labute approximate surface area is 108 Å². The Bertz CT molecular complexity index is 545. The van der Waals surface area contributed by atoms with Gasteiger partial charge in [0.2, 0.25) is 0 Å². The summed E-state index contributed by atoms with van der Waals surface area (Å²) in [6, 6.07) is 7.44. The van der Waals surface area contributed by atoms with Crippen LogP contribution in [0.4, 0.5) is 5.69 Å². The van der Waals surface area contributed by atoms with E-state index in [-0.39, 0.29) is 5.91 Å². The van der Waals surface area contributed by atoms with Gasteiger partial charge >= 0.3 is 0 Å². The molecule has 17 heavy (non-hydrogen) atoms. The van der Waals surface area contributed by atoms with Gasteiger partial charge in [0.05, 0.1) is 11.3 Å². The number of aromatic nitrogens is 2. The summed E-state index contributed by atoms with van der Waals surface area (Å²) in [5, 5.41) is 6.96. The minimum Gasteiger partial charge on any atom is -0.322 e. The van der Waals surface area contributed by atoms with E-state index < -0.39 is 0 Å². The number of hydrogen-bond acceptors (Lipinski definition) is 2. The van der Waals surface area contributed by atoms with Crippen LogP contribution in [0, 0.1) is 6.92 Å². The highest BCUT2D eigenvalue weighted by Gasteiger charge is 2.12. The molecule has 1 heterocycles. The Morgan fingerprint density at radius 2 is 2.00 bits per heavy atom. The van der Waals surface area contributed by atoms with Gasteiger partial charge in [0.25, 0.3) is 5.91 Å². The second-order valence-electron chi connectivity index (χ2n) is 3.76. The van der Waals surface area contributed by atoms with Crippen LogP contribution in [0.1, 0.15) is 16.1 Å². The fraction of sp³-hybridized carbons (Fsp3) is 0.167. The highest BCUT2D eigenvalue weighted by atomic mass is 79.9. The molecule has 0 unspecified atom stereocenters. The molecule has 0 saturated heterocycles. The maximum atomic E-state index is 12.0. The minimum absolute atomic E-state index is 0.141. The molecule has 88 valence electrons. The second-order valence-corrected chi connectivity index (χ2v) is 4.68. The number of benzene rings is 1. The number of rotatable bonds is 2. The first-order chi connectivity index (χ1) is 8.06. The number of aryl methyl sites for hydroxylation is 2. The maximum absolute atomic E-state index is 12.0. The van der Waals surface area contributed by atoms with Crippen molar-refractivity contribution >= 4 is 27.5 Å². The first-order valence-corrected chi connectivity index (χ1v) is 5.93. The molecule has 1 aromatic heterocycles. The third-order valence-electron chi connectivity index (χ3n) is 2.36. The summed E-state index contributed by atoms with van der Waals surface area (Å²) >= 11 is 3.35. The van der Waals surface area contributed by atoms with Crippen LogP contribution in [0.3, 0.4) is 0 Å². The van der Waals surface area contributed by atoms with Crippen molar-refractivity contribution in [1.82, 2.24) is 9.78 Å². The van der Waals surface area contributed by atoms with Gasteiger partial charge in [0.1, 0.15) is 0 Å². The molecular formula is C12H12BrN3O. The van der Waals surface area contributed by atoms with E-state index in [2.05, 4.69) is 26.3 Å². The van der Waals surface area contributed by atoms with Crippen molar-refractivity contribution in [3.8, 4) is 0 Å². The van der Waals surface area contributed by atoms with E-state index in [4.69, 9.17) is 0 Å². The first kappa shape index (κ1) is 11.9. The predicted octanol–water partition coefficient (Wildman–Crippen LogP) is 2.74. The number of hydrogen-bond donors (Lipinski definition) is 1. The van der Waals surface area contributed by atoms with E-state index in [0.717, 1.165) is 15.9 Å². The van der Waals surface area contributed by atoms with Crippen LogP contribution in [0.5, 0.6) is 0 Å². The summed E-state index contributed by atoms with van der Waals surface area (Å²) in [4.78, 5) is 12.0. The first-order valence-electron chi connectivity index (χ1n) is 5.13. The molecular weight excluding hydrogens is 282 g/mol. The van der Waals surface area contributed by atoms with Gasteiger partial charge in [-0.25, -0.2) is 0 Å². The molecule has 0 fully saturated rings. The number of nitrogens with zero attached hydrogens (tertiary/aromatic N) is 2. The zero-order chi connectivity index (χ0) is 12.4. The van der Waals surface area contributed by atoms with Gasteiger partial charge < -0.3 is 5.32 Å². The molecule has 2 aromatic rings. The number of carbonyl (C=O) groups excluding carboxylic acids is 1. The molecule has 0 spiro atoms. The van der Waals surface area contributed by atoms with E-state index in [1.165, 1.54) is 0 Å². The van der Waals surface area contributed by atoms with Crippen molar-refractivity contribution in [3.63, 3.8) is 0 Å². The molecule has 0 aliphatic heterocycles. The highest BCUT2D eigenvalue weighted by molar-refractivity contribution is 9.10. The molecule has 0 bridgehead atoms. The molecule has 0 aliphatic rings. The lowest BCUT2D eigenvalue weighted by molar-refractivity contribution is 0.102. The van der Waals surface area contributed by atoms with Crippen LogP contribution in [-0.4, -0.2) is 15.7 Å². The number of carbonyl (C=O) groups is 1. The SMILES string of the molecule is Cc1nn(C)cc1C(=O)Nc1ccc(Br)cc1. The van der Waals surface area contributed by atoms with Gasteiger partial charge in [-0.3, -0.25) is 9.48 Å². The van der Waals surface area contributed by atoms with Crippen molar-refractivity contribution in [2.24, 2.45) is 7.05 Å². The fourth-order valence-electron chi connectivity index (χ4n) is 1.55. The standard InChI is InChI=1S/C12H12BrN3O/c1-8-11(7-16(2)15-8)12(17)14-10-5-3-9(13)4-6-10/h3-7H,1-2H3,(H,14,17). The van der Waals surface area contributed by atoms with E-state index in [0.29, 0.717) is 5.56 Å². The third-order valence-corrected chi connectivity index (χ3v) is 2.89. The summed E-state index contributed by atoms with van der Waals surface area (Å²) in [5.74, 6) is -0.141. The molecule has 0 radical (unpaired) electrons. The maximum Gasteiger partial charge on any atom is 0.259 e. The summed E-state index contributed by atoms with van der Waals surface area (Å²) in [5.41, 5.74) is 2.08. The van der Waals surface area contributed by atoms with Crippen molar-refractivity contribution in [1.29, 1.82) is 0 Å². The molecule has 1 N–H and O–H groups in total. The van der Waals surface area contributed by atoms with Gasteiger partial charge in [-0.15, -0.1) is 0 Å². The topological polar surface area (TPSA) is 46.9 Å². The van der Waals surface area contributed by atoms with Crippen molar-refractivity contribution in [3.05, 3.63) is 46.2 Å². The molecule has 4 nitrogen and oxygen atoms in total. The molecule has 0 saturated carbocycles. The molecule has 1 aromatic carbocycles. The van der Waals surface area contributed by atoms with Crippen LogP contribution in [0.15, 0.2) is 34.9 Å². The Hall–Kier alpha value is -1.62. The summed E-state index contributed by atoms with van der Waals surface area (Å²) in [7, 11) is 1.80. The quantitative estimate of drug-likeness (QED) is 0.925. The zero-order valence-corrected chi connectivity index (χ0v) is 11.2. The van der Waals surface area contributed by atoms with Crippen LogP contribution in [0.2, 0.25) is 0 Å². The van der Waals surface area contributed by atoms with Gasteiger partial charge in [-0.1, -0.05) is 15.9 Å². The third kappa shape index (κ3) is 2.74. The highest BCUT2D eigenvalue weighted by Crippen LogP contribution is 2.15. The number of anilines is 1. The minimum atomic E-state index is -0.141. The monoisotopic (exact) mass is 293 g/mol. The lowest BCUT2D eigenvalue weighted by atomic mass is 10.2. The van der Waals surface area contributed by atoms with E-state index in [1.807, 2.05) is 31.2 Å². The van der Waals surface area contributed by atoms with Gasteiger partial charge in [0, 0.05) is 23.4 Å². The Balaban J connectivity index is 2.17. The summed E-state index contributed by atoms with van der Waals surface area (Å²) in [6.45, 7) is 1.82. The average molecular weight is 294 g/mol. The molecule has 5 heteroatoms. The average Bonchev–Trinajstić information content (AvgIpc) is 2.61. The van der Waals surface area contributed by atoms with Crippen LogP contribution >= 0.6 is 15.9 Å². The van der Waals surface area contributed by atoms with Crippen molar-refractivity contribution in [2.75, 3.05) is 5.32 Å². The van der Waals surface area contributed by atoms with Crippen molar-refractivity contribution < 1.29 is 4.79 Å². The number of halogens is 1. The normalized spacial score (nSPS) is 10.3. The Kier molecular flexibility index (Phi) is 3.28. The molecule has 0 aliphatic carbocycles. The second kappa shape index (κ2) is 4.71. The van der Waals surface area contributed by atoms with Crippen LogP contribution in [0.25, 0.3) is 0 Å². The number of nitrogens with one attached hydrogen (secondary N) is 1. The lowest BCUT2D eigenvalue weighted by Crippen LogP contribution is -2.12. The van der Waals surface area contributed by atoms with E-state index in [9.17, 15) is 4.79 Å². The molecule has 1 amide bonds. The molecule has 0 atom stereocenters. The zero-order valence-electron chi connectivity index (χ0n) is 9.57. The van der Waals surface area contributed by atoms with Crippen LogP contribution < -0.4 is 5.32 Å². The smallest absolute Gasteiger partial charge is 0.259 e. The fourth-order valence-corrected chi connectivity index (χ4v) is 1.82. The van der Waals surface area contributed by atoms with Gasteiger partial charge in [-0.2, -0.15) is 5.10 Å². The number of amides is 1. The van der Waals surface area contributed by atoms with Crippen molar-refractivity contribution in [2.45, 2.75) is 6.92 Å². The molecule has 2 rings (SSSR count). The van der Waals surface area contributed by atoms with Gasteiger partial charge in [0.15, 0.2) is 0 Å². The van der Waals surface area contributed by atoms with Crippen LogP contribution in [-0.2, 0) is 7.05 Å². The summed E-state index contributed by atoms with van der Waals surface area (Å²) < 4.78 is 2.61. The summed E-state index contributed by atoms with van der Waals surface area (Å²) in [6.07, 6.45) is 1.71. The Morgan fingerprint density at radius 1 is 1.35 bits per heavy atom. The van der Waals surface area contributed by atoms with E-state index in [1.54, 1.807) is 17.9 Å². The Morgan fingerprint density at radius 3 is 2.53 bits per heavy atom. The predicted molar refractivity (Wildman–Crippen MR) is 70.0 cm³/mol. The van der Waals surface area contributed by atoms with Gasteiger partial charge in [-0.05, 0) is 31.2 Å². The van der Waals surface area contributed by atoms with E-state index >= 15 is 0 Å². The lowest BCUT2D eigenvalue weighted by Gasteiger charge is -2.03.